The number of carboxylic acid groups (broad SMARTS) is 1. The second-order valence-corrected chi connectivity index (χ2v) is 7.35. The molecule has 1 aromatic carbocycles. The molecule has 0 saturated heterocycles. The fourth-order valence-electron chi connectivity index (χ4n) is 3.12. The van der Waals surface area contributed by atoms with Crippen molar-refractivity contribution in [3.8, 4) is 11.5 Å². The summed E-state index contributed by atoms with van der Waals surface area (Å²) < 4.78 is 10.6. The number of nitrogens with one attached hydrogen (secondary N) is 1. The van der Waals surface area contributed by atoms with Crippen molar-refractivity contribution in [3.63, 3.8) is 0 Å². The van der Waals surface area contributed by atoms with Gasteiger partial charge in [0.2, 0.25) is 5.91 Å². The highest BCUT2D eigenvalue weighted by Crippen LogP contribution is 2.44. The van der Waals surface area contributed by atoms with Crippen molar-refractivity contribution in [2.45, 2.75) is 44.9 Å². The Morgan fingerprint density at radius 2 is 1.84 bits per heavy atom. The van der Waals surface area contributed by atoms with Gasteiger partial charge < -0.3 is 19.9 Å². The molecule has 6 heteroatoms. The van der Waals surface area contributed by atoms with Gasteiger partial charge >= 0.3 is 5.97 Å². The van der Waals surface area contributed by atoms with Crippen LogP contribution in [0.15, 0.2) is 18.2 Å². The minimum Gasteiger partial charge on any atom is -0.493 e. The summed E-state index contributed by atoms with van der Waals surface area (Å²) in [6.07, 6.45) is 2.07. The first-order valence-electron chi connectivity index (χ1n) is 8.47. The Labute approximate surface area is 148 Å². The SMILES string of the molecule is COc1ccc(C(C)(C)CNC(=O)CC2(C(=O)O)CCC2)cc1OC. The largest absolute Gasteiger partial charge is 0.493 e. The molecule has 1 saturated carbocycles. The molecule has 25 heavy (non-hydrogen) atoms. The molecule has 2 rings (SSSR count). The Morgan fingerprint density at radius 1 is 1.20 bits per heavy atom. The van der Waals surface area contributed by atoms with Crippen molar-refractivity contribution in [3.05, 3.63) is 23.8 Å². The van der Waals surface area contributed by atoms with Crippen LogP contribution in [-0.4, -0.2) is 37.7 Å². The van der Waals surface area contributed by atoms with E-state index in [-0.39, 0.29) is 17.7 Å². The number of hydrogen-bond acceptors (Lipinski definition) is 4. The Hall–Kier alpha value is -2.24. The molecule has 0 unspecified atom stereocenters. The normalized spacial score (nSPS) is 15.8. The zero-order valence-electron chi connectivity index (χ0n) is 15.3. The van der Waals surface area contributed by atoms with Gasteiger partial charge in [0, 0.05) is 18.4 Å². The van der Waals surface area contributed by atoms with E-state index in [2.05, 4.69) is 5.32 Å². The molecule has 0 radical (unpaired) electrons. The third-order valence-electron chi connectivity index (χ3n) is 5.16. The maximum absolute atomic E-state index is 12.2. The Bertz CT molecular complexity index is 649. The number of carbonyl (C=O) groups excluding carboxylic acids is 1. The number of hydrogen-bond donors (Lipinski definition) is 2. The van der Waals surface area contributed by atoms with Gasteiger partial charge in [-0.15, -0.1) is 0 Å². The van der Waals surface area contributed by atoms with Crippen LogP contribution in [0.25, 0.3) is 0 Å². The molecular weight excluding hydrogens is 322 g/mol. The zero-order chi connectivity index (χ0) is 18.7. The lowest BCUT2D eigenvalue weighted by Crippen LogP contribution is -2.44. The van der Waals surface area contributed by atoms with Gasteiger partial charge in [-0.05, 0) is 30.5 Å². The van der Waals surface area contributed by atoms with E-state index in [1.165, 1.54) is 0 Å². The molecular formula is C19H27NO5. The van der Waals surface area contributed by atoms with Gasteiger partial charge in [0.15, 0.2) is 11.5 Å². The van der Waals surface area contributed by atoms with Gasteiger partial charge in [0.25, 0.3) is 0 Å². The smallest absolute Gasteiger partial charge is 0.310 e. The van der Waals surface area contributed by atoms with Crippen LogP contribution in [0, 0.1) is 5.41 Å². The number of rotatable bonds is 8. The van der Waals surface area contributed by atoms with Crippen LogP contribution in [-0.2, 0) is 15.0 Å². The number of amides is 1. The van der Waals surface area contributed by atoms with Gasteiger partial charge in [-0.1, -0.05) is 26.3 Å². The lowest BCUT2D eigenvalue weighted by molar-refractivity contribution is -0.157. The highest BCUT2D eigenvalue weighted by Gasteiger charge is 2.46. The molecule has 0 aromatic heterocycles. The van der Waals surface area contributed by atoms with Crippen LogP contribution in [0.2, 0.25) is 0 Å². The van der Waals surface area contributed by atoms with Crippen molar-refractivity contribution in [2.24, 2.45) is 5.41 Å². The third-order valence-corrected chi connectivity index (χ3v) is 5.16. The second kappa shape index (κ2) is 7.33. The zero-order valence-corrected chi connectivity index (χ0v) is 15.3. The van der Waals surface area contributed by atoms with Crippen molar-refractivity contribution in [2.75, 3.05) is 20.8 Å². The van der Waals surface area contributed by atoms with E-state index < -0.39 is 11.4 Å². The monoisotopic (exact) mass is 349 g/mol. The summed E-state index contributed by atoms with van der Waals surface area (Å²) in [7, 11) is 3.17. The first kappa shape index (κ1) is 19.1. The van der Waals surface area contributed by atoms with Crippen LogP contribution in [0.4, 0.5) is 0 Å². The van der Waals surface area contributed by atoms with E-state index in [4.69, 9.17) is 9.47 Å². The molecule has 1 aromatic rings. The van der Waals surface area contributed by atoms with Crippen molar-refractivity contribution < 1.29 is 24.2 Å². The quantitative estimate of drug-likeness (QED) is 0.754. The topological polar surface area (TPSA) is 84.9 Å². The number of carbonyl (C=O) groups is 2. The van der Waals surface area contributed by atoms with E-state index in [1.54, 1.807) is 14.2 Å². The number of ether oxygens (including phenoxy) is 2. The summed E-state index contributed by atoms with van der Waals surface area (Å²) in [6, 6.07) is 5.68. The Kier molecular flexibility index (Phi) is 5.60. The Morgan fingerprint density at radius 3 is 2.32 bits per heavy atom. The fourth-order valence-corrected chi connectivity index (χ4v) is 3.12. The lowest BCUT2D eigenvalue weighted by atomic mass is 9.66. The first-order valence-corrected chi connectivity index (χ1v) is 8.47. The molecule has 1 fully saturated rings. The number of benzene rings is 1. The van der Waals surface area contributed by atoms with E-state index in [1.807, 2.05) is 32.0 Å². The van der Waals surface area contributed by atoms with Gasteiger partial charge in [-0.2, -0.15) is 0 Å². The van der Waals surface area contributed by atoms with Crippen molar-refractivity contribution >= 4 is 11.9 Å². The predicted molar refractivity (Wildman–Crippen MR) is 94.1 cm³/mol. The first-order chi connectivity index (χ1) is 11.7. The Balaban J connectivity index is 2.01. The molecule has 1 amide bonds. The summed E-state index contributed by atoms with van der Waals surface area (Å²) in [6.45, 7) is 4.45. The average molecular weight is 349 g/mol. The standard InChI is InChI=1S/C19H27NO5/c1-18(2,13-6-7-14(24-3)15(10-13)25-4)12-20-16(21)11-19(17(22)23)8-5-9-19/h6-7,10H,5,8-9,11-12H2,1-4H3,(H,20,21)(H,22,23). The van der Waals surface area contributed by atoms with Crippen LogP contribution in [0.5, 0.6) is 11.5 Å². The summed E-state index contributed by atoms with van der Waals surface area (Å²) in [4.78, 5) is 23.6. The van der Waals surface area contributed by atoms with Crippen LogP contribution in [0.1, 0.15) is 45.1 Å². The minimum absolute atomic E-state index is 0.0460. The third kappa shape index (κ3) is 4.06. The summed E-state index contributed by atoms with van der Waals surface area (Å²) in [5.74, 6) is 0.210. The average Bonchev–Trinajstić information content (AvgIpc) is 2.55. The van der Waals surface area contributed by atoms with E-state index in [0.29, 0.717) is 30.9 Å². The van der Waals surface area contributed by atoms with Gasteiger partial charge in [0.05, 0.1) is 19.6 Å². The van der Waals surface area contributed by atoms with Gasteiger partial charge in [-0.3, -0.25) is 9.59 Å². The molecule has 0 bridgehead atoms. The molecule has 1 aliphatic rings. The molecule has 2 N–H and O–H groups in total. The molecule has 1 aliphatic carbocycles. The van der Waals surface area contributed by atoms with E-state index in [0.717, 1.165) is 12.0 Å². The highest BCUT2D eigenvalue weighted by molar-refractivity contribution is 5.85. The highest BCUT2D eigenvalue weighted by atomic mass is 16.5. The molecule has 0 atom stereocenters. The second-order valence-electron chi connectivity index (χ2n) is 7.35. The van der Waals surface area contributed by atoms with Crippen LogP contribution < -0.4 is 14.8 Å². The summed E-state index contributed by atoms with van der Waals surface area (Å²) in [5, 5.41) is 12.2. The lowest BCUT2D eigenvalue weighted by Gasteiger charge is -2.37. The maximum Gasteiger partial charge on any atom is 0.310 e. The molecule has 0 spiro atoms. The van der Waals surface area contributed by atoms with E-state index >= 15 is 0 Å². The fraction of sp³-hybridized carbons (Fsp3) is 0.579. The molecule has 138 valence electrons. The summed E-state index contributed by atoms with van der Waals surface area (Å²) >= 11 is 0. The van der Waals surface area contributed by atoms with Crippen molar-refractivity contribution in [1.82, 2.24) is 5.32 Å². The van der Waals surface area contributed by atoms with Gasteiger partial charge in [0.1, 0.15) is 0 Å². The van der Waals surface area contributed by atoms with Crippen LogP contribution in [0.3, 0.4) is 0 Å². The van der Waals surface area contributed by atoms with Gasteiger partial charge in [-0.25, -0.2) is 0 Å². The van der Waals surface area contributed by atoms with Crippen molar-refractivity contribution in [1.29, 1.82) is 0 Å². The van der Waals surface area contributed by atoms with Crippen LogP contribution >= 0.6 is 0 Å². The predicted octanol–water partition coefficient (Wildman–Crippen LogP) is 2.74. The molecule has 6 nitrogen and oxygen atoms in total. The maximum atomic E-state index is 12.2. The molecule has 0 aliphatic heterocycles. The van der Waals surface area contributed by atoms with E-state index in [9.17, 15) is 14.7 Å². The number of methoxy groups -OCH3 is 2. The molecule has 0 heterocycles. The summed E-state index contributed by atoms with van der Waals surface area (Å²) in [5.41, 5.74) is -0.190. The number of carboxylic acids is 1. The number of aliphatic carboxylic acids is 1. The minimum atomic E-state index is -0.868.